The van der Waals surface area contributed by atoms with Crippen LogP contribution in [0.5, 0.6) is 11.5 Å². The number of fused-ring (bicyclic) bond motifs is 1. The molecule has 0 fully saturated rings. The summed E-state index contributed by atoms with van der Waals surface area (Å²) in [6.45, 7) is 1.28. The normalized spacial score (nSPS) is 13.9. The molecule has 5 nitrogen and oxygen atoms in total. The van der Waals surface area contributed by atoms with Crippen LogP contribution < -0.4 is 14.8 Å². The van der Waals surface area contributed by atoms with E-state index >= 15 is 0 Å². The molecule has 0 radical (unpaired) electrons. The highest BCUT2D eigenvalue weighted by atomic mass is 16.5. The van der Waals surface area contributed by atoms with E-state index < -0.39 is 0 Å². The summed E-state index contributed by atoms with van der Waals surface area (Å²) in [5, 5.41) is 3.03. The molecule has 132 valence electrons. The van der Waals surface area contributed by atoms with Crippen LogP contribution in [-0.4, -0.2) is 45.2 Å². The highest BCUT2D eigenvalue weighted by Gasteiger charge is 2.19. The molecule has 1 aliphatic rings. The molecule has 0 aromatic heterocycles. The van der Waals surface area contributed by atoms with E-state index in [4.69, 9.17) is 9.47 Å². The van der Waals surface area contributed by atoms with Gasteiger partial charge in [-0.15, -0.1) is 0 Å². The third-order valence-electron chi connectivity index (χ3n) is 4.51. The quantitative estimate of drug-likeness (QED) is 0.878. The van der Waals surface area contributed by atoms with Crippen LogP contribution in [0.4, 0.5) is 0 Å². The maximum atomic E-state index is 12.5. The molecular weight excluding hydrogens is 316 g/mol. The Hall–Kier alpha value is -2.53. The Morgan fingerprint density at radius 2 is 2.12 bits per heavy atom. The fourth-order valence-electron chi connectivity index (χ4n) is 3.07. The molecule has 5 heteroatoms. The van der Waals surface area contributed by atoms with Gasteiger partial charge in [0.25, 0.3) is 5.91 Å². The zero-order valence-corrected chi connectivity index (χ0v) is 14.9. The smallest absolute Gasteiger partial charge is 0.251 e. The first-order valence-corrected chi connectivity index (χ1v) is 8.43. The Balaban J connectivity index is 1.71. The second kappa shape index (κ2) is 7.57. The fourth-order valence-corrected chi connectivity index (χ4v) is 3.07. The molecule has 0 aliphatic carbocycles. The van der Waals surface area contributed by atoms with Crippen molar-refractivity contribution in [1.29, 1.82) is 0 Å². The van der Waals surface area contributed by atoms with Crippen LogP contribution in [0.15, 0.2) is 42.5 Å². The Bertz CT molecular complexity index is 758. The Morgan fingerprint density at radius 1 is 1.28 bits per heavy atom. The molecule has 0 bridgehead atoms. The fraction of sp³-hybridized carbons (Fsp3) is 0.350. The minimum Gasteiger partial charge on any atom is -0.497 e. The Labute approximate surface area is 148 Å². The predicted octanol–water partition coefficient (Wildman–Crippen LogP) is 2.66. The van der Waals surface area contributed by atoms with Gasteiger partial charge in [-0.05, 0) is 49.5 Å². The maximum Gasteiger partial charge on any atom is 0.251 e. The van der Waals surface area contributed by atoms with E-state index in [0.29, 0.717) is 17.9 Å². The largest absolute Gasteiger partial charge is 0.497 e. The van der Waals surface area contributed by atoms with Gasteiger partial charge in [-0.1, -0.05) is 18.2 Å². The van der Waals surface area contributed by atoms with E-state index in [0.717, 1.165) is 18.8 Å². The summed E-state index contributed by atoms with van der Waals surface area (Å²) in [6.07, 6.45) is 0.944. The van der Waals surface area contributed by atoms with Crippen molar-refractivity contribution >= 4 is 5.91 Å². The number of benzene rings is 2. The second-order valence-corrected chi connectivity index (χ2v) is 6.39. The van der Waals surface area contributed by atoms with E-state index in [1.807, 2.05) is 32.3 Å². The first-order valence-electron chi connectivity index (χ1n) is 8.43. The number of amides is 1. The maximum absolute atomic E-state index is 12.5. The van der Waals surface area contributed by atoms with E-state index in [1.165, 1.54) is 11.1 Å². The van der Waals surface area contributed by atoms with Crippen molar-refractivity contribution in [3.8, 4) is 11.5 Å². The molecule has 1 aliphatic heterocycles. The topological polar surface area (TPSA) is 50.8 Å². The molecule has 2 aromatic rings. The summed E-state index contributed by atoms with van der Waals surface area (Å²) in [6, 6.07) is 13.6. The molecule has 3 rings (SSSR count). The van der Waals surface area contributed by atoms with Crippen LogP contribution in [-0.2, 0) is 6.42 Å². The molecule has 1 N–H and O–H groups in total. The van der Waals surface area contributed by atoms with Crippen LogP contribution in [0.1, 0.15) is 27.5 Å². The van der Waals surface area contributed by atoms with Gasteiger partial charge in [0.1, 0.15) is 11.5 Å². The van der Waals surface area contributed by atoms with Gasteiger partial charge in [-0.2, -0.15) is 0 Å². The number of likely N-dealkylation sites (N-methyl/N-ethyl adjacent to an activating group) is 1. The third-order valence-corrected chi connectivity index (χ3v) is 4.51. The van der Waals surface area contributed by atoms with Crippen LogP contribution >= 0.6 is 0 Å². The van der Waals surface area contributed by atoms with Crippen LogP contribution in [0.2, 0.25) is 0 Å². The lowest BCUT2D eigenvalue weighted by atomic mass is 10.0. The van der Waals surface area contributed by atoms with E-state index in [-0.39, 0.29) is 11.9 Å². The average molecular weight is 340 g/mol. The zero-order valence-electron chi connectivity index (χ0n) is 14.9. The summed E-state index contributed by atoms with van der Waals surface area (Å²) < 4.78 is 10.8. The number of rotatable bonds is 6. The number of methoxy groups -OCH3 is 1. The van der Waals surface area contributed by atoms with Gasteiger partial charge in [0, 0.05) is 18.5 Å². The van der Waals surface area contributed by atoms with E-state index in [1.54, 1.807) is 19.2 Å². The third kappa shape index (κ3) is 3.94. The van der Waals surface area contributed by atoms with Crippen molar-refractivity contribution < 1.29 is 14.3 Å². The Kier molecular flexibility index (Phi) is 5.24. The number of carbonyl (C=O) groups excluding carboxylic acids is 1. The van der Waals surface area contributed by atoms with Gasteiger partial charge in [0.15, 0.2) is 0 Å². The number of carbonyl (C=O) groups is 1. The lowest BCUT2D eigenvalue weighted by Gasteiger charge is -2.25. The van der Waals surface area contributed by atoms with Gasteiger partial charge in [0.2, 0.25) is 0 Å². The molecule has 1 amide bonds. The van der Waals surface area contributed by atoms with Gasteiger partial charge in [-0.25, -0.2) is 0 Å². The van der Waals surface area contributed by atoms with E-state index in [2.05, 4.69) is 22.3 Å². The highest BCUT2D eigenvalue weighted by molar-refractivity contribution is 5.94. The molecule has 1 heterocycles. The average Bonchev–Trinajstić information content (AvgIpc) is 3.09. The summed E-state index contributed by atoms with van der Waals surface area (Å²) >= 11 is 0. The number of nitrogens with one attached hydrogen (secondary N) is 1. The number of nitrogens with zero attached hydrogens (tertiary/aromatic N) is 1. The van der Waals surface area contributed by atoms with Crippen molar-refractivity contribution in [3.05, 3.63) is 59.2 Å². The lowest BCUT2D eigenvalue weighted by Crippen LogP contribution is -2.34. The van der Waals surface area contributed by atoms with Crippen molar-refractivity contribution in [3.63, 3.8) is 0 Å². The predicted molar refractivity (Wildman–Crippen MR) is 97.4 cm³/mol. The monoisotopic (exact) mass is 340 g/mol. The van der Waals surface area contributed by atoms with Crippen LogP contribution in [0, 0.1) is 0 Å². The van der Waals surface area contributed by atoms with E-state index in [9.17, 15) is 4.79 Å². The number of ether oxygens (including phenoxy) is 2. The minimum absolute atomic E-state index is 0.0976. The van der Waals surface area contributed by atoms with Gasteiger partial charge in [-0.3, -0.25) is 4.79 Å². The zero-order chi connectivity index (χ0) is 17.8. The minimum atomic E-state index is -0.102. The van der Waals surface area contributed by atoms with Crippen molar-refractivity contribution in [1.82, 2.24) is 10.2 Å². The van der Waals surface area contributed by atoms with Crippen LogP contribution in [0.3, 0.4) is 0 Å². The summed E-state index contributed by atoms with van der Waals surface area (Å²) in [7, 11) is 5.63. The molecule has 0 spiro atoms. The van der Waals surface area contributed by atoms with Gasteiger partial charge >= 0.3 is 0 Å². The first kappa shape index (κ1) is 17.3. The summed E-state index contributed by atoms with van der Waals surface area (Å²) in [4.78, 5) is 14.6. The molecular formula is C20H24N2O3. The standard InChI is InChI=1S/C20H24N2O3/c1-22(2)18(14-7-8-19-15(11-14)9-10-25-19)13-21-20(23)16-5-4-6-17(12-16)24-3/h4-8,11-12,18H,9-10,13H2,1-3H3,(H,21,23). The van der Waals surface area contributed by atoms with Gasteiger partial charge in [0.05, 0.1) is 19.8 Å². The second-order valence-electron chi connectivity index (χ2n) is 6.39. The molecule has 2 aromatic carbocycles. The number of hydrogen-bond acceptors (Lipinski definition) is 4. The summed E-state index contributed by atoms with van der Waals surface area (Å²) in [5.41, 5.74) is 3.02. The van der Waals surface area contributed by atoms with Crippen molar-refractivity contribution in [2.75, 3.05) is 34.4 Å². The van der Waals surface area contributed by atoms with Crippen LogP contribution in [0.25, 0.3) is 0 Å². The molecule has 1 unspecified atom stereocenters. The lowest BCUT2D eigenvalue weighted by molar-refractivity contribution is 0.0941. The Morgan fingerprint density at radius 3 is 2.88 bits per heavy atom. The first-order chi connectivity index (χ1) is 12.1. The highest BCUT2D eigenvalue weighted by Crippen LogP contribution is 2.29. The SMILES string of the molecule is COc1cccc(C(=O)NCC(c2ccc3c(c2)CCO3)N(C)C)c1. The number of hydrogen-bond donors (Lipinski definition) is 1. The van der Waals surface area contributed by atoms with Gasteiger partial charge < -0.3 is 19.7 Å². The van der Waals surface area contributed by atoms with Crippen molar-refractivity contribution in [2.45, 2.75) is 12.5 Å². The van der Waals surface area contributed by atoms with Crippen molar-refractivity contribution in [2.24, 2.45) is 0 Å². The molecule has 0 saturated carbocycles. The molecule has 25 heavy (non-hydrogen) atoms. The molecule has 0 saturated heterocycles. The summed E-state index contributed by atoms with van der Waals surface area (Å²) in [5.74, 6) is 1.55. The molecule has 1 atom stereocenters.